The molecule has 1 heterocycles. The highest BCUT2D eigenvalue weighted by atomic mass is 19.1. The van der Waals surface area contributed by atoms with E-state index in [-0.39, 0.29) is 11.6 Å². The van der Waals surface area contributed by atoms with Crippen LogP contribution < -0.4 is 14.8 Å². The highest BCUT2D eigenvalue weighted by molar-refractivity contribution is 5.44. The van der Waals surface area contributed by atoms with Gasteiger partial charge in [-0.15, -0.1) is 0 Å². The van der Waals surface area contributed by atoms with Gasteiger partial charge < -0.3 is 14.8 Å². The molecule has 0 radical (unpaired) electrons. The molecule has 5 nitrogen and oxygen atoms in total. The third kappa shape index (κ3) is 3.54. The van der Waals surface area contributed by atoms with Crippen LogP contribution in [0.2, 0.25) is 0 Å². The number of anilines is 1. The van der Waals surface area contributed by atoms with Crippen molar-refractivity contribution in [3.8, 4) is 11.6 Å². The summed E-state index contributed by atoms with van der Waals surface area (Å²) in [6.45, 7) is 0.768. The lowest BCUT2D eigenvalue weighted by Crippen LogP contribution is -2.13. The van der Waals surface area contributed by atoms with Gasteiger partial charge in [0.15, 0.2) is 17.4 Å². The lowest BCUT2D eigenvalue weighted by Gasteiger charge is -2.10. The van der Waals surface area contributed by atoms with Crippen LogP contribution in [0.25, 0.3) is 0 Å². The minimum Gasteiger partial charge on any atom is -0.489 e. The quantitative estimate of drug-likeness (QED) is 0.809. The lowest BCUT2D eigenvalue weighted by molar-refractivity contribution is 0.314. The van der Waals surface area contributed by atoms with Crippen LogP contribution in [0.15, 0.2) is 36.7 Å². The Morgan fingerprint density at radius 1 is 1.21 bits per heavy atom. The summed E-state index contributed by atoms with van der Waals surface area (Å²) in [5, 5.41) is 3.01. The zero-order valence-corrected chi connectivity index (χ0v) is 10.5. The van der Waals surface area contributed by atoms with Gasteiger partial charge in [-0.1, -0.05) is 12.1 Å². The smallest absolute Gasteiger partial charge is 0.257 e. The summed E-state index contributed by atoms with van der Waals surface area (Å²) in [6, 6.07) is 6.27. The van der Waals surface area contributed by atoms with Gasteiger partial charge in [0.1, 0.15) is 6.61 Å². The zero-order chi connectivity index (χ0) is 13.5. The molecule has 0 aliphatic carbocycles. The second-order valence-electron chi connectivity index (χ2n) is 3.62. The minimum absolute atomic E-state index is 0.232. The van der Waals surface area contributed by atoms with E-state index in [1.165, 1.54) is 13.2 Å². The molecule has 0 fully saturated rings. The third-order valence-electron chi connectivity index (χ3n) is 2.35. The Labute approximate surface area is 110 Å². The predicted molar refractivity (Wildman–Crippen MR) is 69.0 cm³/mol. The third-order valence-corrected chi connectivity index (χ3v) is 2.35. The molecule has 6 heteroatoms. The van der Waals surface area contributed by atoms with Crippen LogP contribution in [0.4, 0.5) is 10.2 Å². The zero-order valence-electron chi connectivity index (χ0n) is 10.5. The topological polar surface area (TPSA) is 56.3 Å². The molecule has 0 spiro atoms. The molecule has 1 aromatic carbocycles. The van der Waals surface area contributed by atoms with E-state index in [4.69, 9.17) is 9.47 Å². The molecular weight excluding hydrogens is 249 g/mol. The van der Waals surface area contributed by atoms with Crippen molar-refractivity contribution in [1.82, 2.24) is 9.97 Å². The van der Waals surface area contributed by atoms with E-state index in [0.29, 0.717) is 24.8 Å². The number of benzene rings is 1. The number of halogens is 1. The number of nitrogens with one attached hydrogen (secondary N) is 1. The SMILES string of the molecule is COc1nccnc1NCCOc1ccccc1F. The van der Waals surface area contributed by atoms with E-state index in [1.54, 1.807) is 30.6 Å². The summed E-state index contributed by atoms with van der Waals surface area (Å²) in [4.78, 5) is 8.08. The first kappa shape index (κ1) is 13.1. The van der Waals surface area contributed by atoms with Crippen molar-refractivity contribution in [3.05, 3.63) is 42.5 Å². The normalized spacial score (nSPS) is 10.0. The van der Waals surface area contributed by atoms with Crippen molar-refractivity contribution in [2.24, 2.45) is 0 Å². The molecule has 1 aromatic heterocycles. The minimum atomic E-state index is -0.375. The number of aromatic nitrogens is 2. The Balaban J connectivity index is 1.83. The van der Waals surface area contributed by atoms with Gasteiger partial charge >= 0.3 is 0 Å². The van der Waals surface area contributed by atoms with E-state index in [2.05, 4.69) is 15.3 Å². The molecule has 0 unspecified atom stereocenters. The maximum absolute atomic E-state index is 13.3. The standard InChI is InChI=1S/C13H14FN3O2/c1-18-13-12(15-6-7-17-13)16-8-9-19-11-5-3-2-4-10(11)14/h2-7H,8-9H2,1H3,(H,15,16). The predicted octanol–water partition coefficient (Wildman–Crippen LogP) is 2.12. The second kappa shape index (κ2) is 6.53. The Bertz CT molecular complexity index is 537. The van der Waals surface area contributed by atoms with Crippen molar-refractivity contribution >= 4 is 5.82 Å². The molecule has 1 N–H and O–H groups in total. The first-order chi connectivity index (χ1) is 9.31. The van der Waals surface area contributed by atoms with E-state index < -0.39 is 0 Å². The first-order valence-corrected chi connectivity index (χ1v) is 5.77. The molecule has 0 saturated heterocycles. The molecule has 0 saturated carbocycles. The molecule has 100 valence electrons. The molecule has 0 atom stereocenters. The number of hydrogen-bond acceptors (Lipinski definition) is 5. The molecule has 0 aliphatic heterocycles. The number of hydrogen-bond donors (Lipinski definition) is 1. The summed E-state index contributed by atoms with van der Waals surface area (Å²) in [5.41, 5.74) is 0. The maximum Gasteiger partial charge on any atom is 0.257 e. The molecule has 0 bridgehead atoms. The van der Waals surface area contributed by atoms with Gasteiger partial charge in [0.25, 0.3) is 5.88 Å². The van der Waals surface area contributed by atoms with Crippen LogP contribution in [0, 0.1) is 5.82 Å². The van der Waals surface area contributed by atoms with Crippen molar-refractivity contribution in [3.63, 3.8) is 0 Å². The van der Waals surface area contributed by atoms with Gasteiger partial charge in [-0.05, 0) is 12.1 Å². The average molecular weight is 263 g/mol. The van der Waals surface area contributed by atoms with Gasteiger partial charge in [-0.2, -0.15) is 0 Å². The molecule has 2 aromatic rings. The second-order valence-corrected chi connectivity index (χ2v) is 3.62. The van der Waals surface area contributed by atoms with Crippen LogP contribution in [0.5, 0.6) is 11.6 Å². The van der Waals surface area contributed by atoms with Gasteiger partial charge in [-0.25, -0.2) is 14.4 Å². The Morgan fingerprint density at radius 2 is 2.00 bits per heavy atom. The molecule has 2 rings (SSSR count). The van der Waals surface area contributed by atoms with Crippen LogP contribution in [0.1, 0.15) is 0 Å². The van der Waals surface area contributed by atoms with Gasteiger partial charge in [0, 0.05) is 12.4 Å². The molecule has 0 aliphatic rings. The van der Waals surface area contributed by atoms with E-state index in [9.17, 15) is 4.39 Å². The Hall–Kier alpha value is -2.37. The van der Waals surface area contributed by atoms with Crippen LogP contribution in [-0.2, 0) is 0 Å². The first-order valence-electron chi connectivity index (χ1n) is 5.77. The summed E-state index contributed by atoms with van der Waals surface area (Å²) >= 11 is 0. The van der Waals surface area contributed by atoms with Crippen LogP contribution >= 0.6 is 0 Å². The van der Waals surface area contributed by atoms with Crippen molar-refractivity contribution < 1.29 is 13.9 Å². The average Bonchev–Trinajstić information content (AvgIpc) is 2.45. The van der Waals surface area contributed by atoms with Crippen LogP contribution in [0.3, 0.4) is 0 Å². The molecule has 0 amide bonds. The highest BCUT2D eigenvalue weighted by Crippen LogP contribution is 2.17. The number of nitrogens with zero attached hydrogens (tertiary/aromatic N) is 2. The van der Waals surface area contributed by atoms with E-state index >= 15 is 0 Å². The summed E-state index contributed by atoms with van der Waals surface area (Å²) in [5.74, 6) is 0.797. The fourth-order valence-electron chi connectivity index (χ4n) is 1.49. The lowest BCUT2D eigenvalue weighted by atomic mass is 10.3. The highest BCUT2D eigenvalue weighted by Gasteiger charge is 2.04. The summed E-state index contributed by atoms with van der Waals surface area (Å²) in [6.07, 6.45) is 3.10. The Morgan fingerprint density at radius 3 is 2.79 bits per heavy atom. The van der Waals surface area contributed by atoms with Crippen molar-refractivity contribution in [2.75, 3.05) is 25.6 Å². The van der Waals surface area contributed by atoms with Gasteiger partial charge in [0.05, 0.1) is 13.7 Å². The van der Waals surface area contributed by atoms with Crippen molar-refractivity contribution in [1.29, 1.82) is 0 Å². The number of ether oxygens (including phenoxy) is 2. The van der Waals surface area contributed by atoms with E-state index in [1.807, 2.05) is 0 Å². The molecular formula is C13H14FN3O2. The van der Waals surface area contributed by atoms with Crippen molar-refractivity contribution in [2.45, 2.75) is 0 Å². The fraction of sp³-hybridized carbons (Fsp3) is 0.231. The largest absolute Gasteiger partial charge is 0.489 e. The summed E-state index contributed by atoms with van der Waals surface area (Å²) < 4.78 is 23.6. The van der Waals surface area contributed by atoms with Gasteiger partial charge in [-0.3, -0.25) is 0 Å². The summed E-state index contributed by atoms with van der Waals surface area (Å²) in [7, 11) is 1.52. The fourth-order valence-corrected chi connectivity index (χ4v) is 1.49. The monoisotopic (exact) mass is 263 g/mol. The number of methoxy groups -OCH3 is 1. The Kier molecular flexibility index (Phi) is 4.49. The maximum atomic E-state index is 13.3. The van der Waals surface area contributed by atoms with Gasteiger partial charge in [0.2, 0.25) is 0 Å². The van der Waals surface area contributed by atoms with Crippen LogP contribution in [-0.4, -0.2) is 30.2 Å². The molecule has 19 heavy (non-hydrogen) atoms. The van der Waals surface area contributed by atoms with E-state index in [0.717, 1.165) is 0 Å². The number of para-hydroxylation sites is 1. The number of rotatable bonds is 6.